The molecule has 4 aromatic heterocycles. The van der Waals surface area contributed by atoms with Gasteiger partial charge in [-0.05, 0) is 88.6 Å². The monoisotopic (exact) mass is 973 g/mol. The first kappa shape index (κ1) is 36.3. The standard InChI is InChI=1S/C43H33N2O2.C12H10N.Ir/c1-25(2)34-23-28(27-13-6-5-7-14-27)24-35(26(3)4)39(34)45-37-19-10-9-18-36(37)44-43(45)33-17-12-16-30-32-22-21-31-29-15-8-11-20-38(29)46-41(31)42(32)47-40(30)33;1-10-7-8-12(13-9-10)11-5-3-2-4-6-11;/h5-16,18-26H,1-4H3;2-5,7-9H,1H3;/q2*-1;/i;1D3;. The smallest absolute Gasteiger partial charge is 0.177 e. The van der Waals surface area contributed by atoms with Crippen LogP contribution in [0, 0.1) is 19.0 Å². The molecular formula is C55H43IrN3O2-2. The van der Waals surface area contributed by atoms with Crippen molar-refractivity contribution in [2.75, 3.05) is 0 Å². The van der Waals surface area contributed by atoms with Crippen LogP contribution >= 0.6 is 0 Å². The number of pyridine rings is 1. The normalized spacial score (nSPS) is 12.5. The number of furan rings is 2. The Morgan fingerprint density at radius 2 is 1.30 bits per heavy atom. The zero-order valence-electron chi connectivity index (χ0n) is 37.2. The van der Waals surface area contributed by atoms with E-state index < -0.39 is 6.85 Å². The molecule has 0 aliphatic carbocycles. The molecule has 5 nitrogen and oxygen atoms in total. The zero-order chi connectivity index (χ0) is 43.4. The molecule has 7 aromatic carbocycles. The van der Waals surface area contributed by atoms with Crippen molar-refractivity contribution in [2.45, 2.75) is 46.4 Å². The molecule has 0 spiro atoms. The number of aromatic nitrogens is 3. The number of hydrogen-bond donors (Lipinski definition) is 0. The van der Waals surface area contributed by atoms with Crippen LogP contribution in [-0.4, -0.2) is 14.5 Å². The van der Waals surface area contributed by atoms with Crippen LogP contribution in [0.3, 0.4) is 0 Å². The predicted octanol–water partition coefficient (Wildman–Crippen LogP) is 15.1. The number of imidazole rings is 1. The quantitative estimate of drug-likeness (QED) is 0.156. The van der Waals surface area contributed by atoms with E-state index in [4.69, 9.17) is 17.9 Å². The summed E-state index contributed by atoms with van der Waals surface area (Å²) in [6.07, 6.45) is 1.39. The van der Waals surface area contributed by atoms with Gasteiger partial charge in [-0.3, -0.25) is 4.98 Å². The van der Waals surface area contributed by atoms with Crippen molar-refractivity contribution in [3.8, 4) is 39.5 Å². The molecule has 11 rings (SSSR count). The van der Waals surface area contributed by atoms with E-state index >= 15 is 0 Å². The number of benzene rings is 7. The SMILES string of the molecule is CC(C)c1cc(-c2ccccc2)cc(C(C)C)c1-n1c(-c2[c-]ccc3c2oc2c3ccc3c4ccccc4oc32)nc2ccccc21.[2H]C([2H])([2H])c1ccc(-c2[c-]cccc2)nc1.[Ir]. The van der Waals surface area contributed by atoms with Crippen molar-refractivity contribution in [1.29, 1.82) is 0 Å². The van der Waals surface area contributed by atoms with Gasteiger partial charge in [0.2, 0.25) is 0 Å². The molecule has 0 aliphatic heterocycles. The maximum absolute atomic E-state index is 7.23. The Hall–Kier alpha value is -6.59. The number of aryl methyl sites for hydroxylation is 1. The summed E-state index contributed by atoms with van der Waals surface area (Å²) >= 11 is 0. The van der Waals surface area contributed by atoms with Gasteiger partial charge in [0.15, 0.2) is 11.2 Å². The first-order valence-electron chi connectivity index (χ1n) is 21.9. The van der Waals surface area contributed by atoms with Gasteiger partial charge in [-0.15, -0.1) is 54.1 Å². The van der Waals surface area contributed by atoms with Crippen molar-refractivity contribution in [2.24, 2.45) is 0 Å². The maximum atomic E-state index is 7.23. The summed E-state index contributed by atoms with van der Waals surface area (Å²) in [5.41, 5.74) is 14.0. The maximum Gasteiger partial charge on any atom is 0.177 e. The second-order valence-corrected chi connectivity index (χ2v) is 15.8. The number of hydrogen-bond acceptors (Lipinski definition) is 4. The van der Waals surface area contributed by atoms with Gasteiger partial charge in [0.1, 0.15) is 5.58 Å². The third-order valence-corrected chi connectivity index (χ3v) is 11.2. The van der Waals surface area contributed by atoms with E-state index in [0.29, 0.717) is 0 Å². The number of rotatable bonds is 6. The summed E-state index contributed by atoms with van der Waals surface area (Å²) in [4.78, 5) is 9.43. The summed E-state index contributed by atoms with van der Waals surface area (Å²) in [5.74, 6) is 1.35. The molecule has 61 heavy (non-hydrogen) atoms. The molecule has 0 saturated heterocycles. The van der Waals surface area contributed by atoms with Gasteiger partial charge in [-0.2, -0.15) is 0 Å². The van der Waals surface area contributed by atoms with Crippen LogP contribution in [-0.2, 0) is 20.1 Å². The van der Waals surface area contributed by atoms with Crippen molar-refractivity contribution in [1.82, 2.24) is 14.5 Å². The van der Waals surface area contributed by atoms with Crippen LogP contribution in [0.1, 0.15) is 60.3 Å². The van der Waals surface area contributed by atoms with Crippen molar-refractivity contribution >= 4 is 54.9 Å². The molecule has 11 aromatic rings. The van der Waals surface area contributed by atoms with Crippen LogP contribution in [0.4, 0.5) is 0 Å². The molecule has 0 atom stereocenters. The van der Waals surface area contributed by atoms with Crippen LogP contribution in [0.2, 0.25) is 0 Å². The molecule has 0 fully saturated rings. The van der Waals surface area contributed by atoms with Crippen LogP contribution in [0.15, 0.2) is 167 Å². The van der Waals surface area contributed by atoms with E-state index in [1.54, 1.807) is 18.2 Å². The zero-order valence-corrected chi connectivity index (χ0v) is 36.6. The van der Waals surface area contributed by atoms with Crippen LogP contribution < -0.4 is 0 Å². The average Bonchev–Trinajstić information content (AvgIpc) is 4.01. The molecule has 0 saturated carbocycles. The van der Waals surface area contributed by atoms with E-state index in [-0.39, 0.29) is 37.5 Å². The summed E-state index contributed by atoms with van der Waals surface area (Å²) in [6, 6.07) is 57.7. The Kier molecular flexibility index (Phi) is 9.79. The molecule has 0 aliphatic rings. The minimum absolute atomic E-state index is 0. The summed E-state index contributed by atoms with van der Waals surface area (Å²) < 4.78 is 37.3. The Bertz CT molecular complexity index is 3410. The van der Waals surface area contributed by atoms with E-state index in [9.17, 15) is 0 Å². The molecule has 0 amide bonds. The van der Waals surface area contributed by atoms with Gasteiger partial charge in [-0.1, -0.05) is 118 Å². The Labute approximate surface area is 373 Å². The van der Waals surface area contributed by atoms with E-state index in [1.165, 1.54) is 34.1 Å². The Morgan fingerprint density at radius 3 is 2.02 bits per heavy atom. The minimum atomic E-state index is -2.09. The van der Waals surface area contributed by atoms with Gasteiger partial charge < -0.3 is 18.4 Å². The van der Waals surface area contributed by atoms with Crippen molar-refractivity contribution in [3.05, 3.63) is 187 Å². The molecule has 0 N–H and O–H groups in total. The molecule has 0 unspecified atom stereocenters. The largest absolute Gasteiger partial charge is 0.497 e. The van der Waals surface area contributed by atoms with E-state index in [0.717, 1.165) is 77.6 Å². The van der Waals surface area contributed by atoms with Gasteiger partial charge in [0, 0.05) is 52.3 Å². The first-order chi connectivity index (χ1) is 30.5. The second kappa shape index (κ2) is 16.5. The fraction of sp³-hybridized carbons (Fsp3) is 0.127. The molecule has 0 bridgehead atoms. The molecule has 4 heterocycles. The first-order valence-corrected chi connectivity index (χ1v) is 20.4. The Balaban J connectivity index is 0.000000258. The van der Waals surface area contributed by atoms with E-state index in [2.05, 4.69) is 140 Å². The van der Waals surface area contributed by atoms with Gasteiger partial charge in [0.05, 0.1) is 22.4 Å². The molecular weight excluding hydrogens is 927 g/mol. The predicted molar refractivity (Wildman–Crippen MR) is 247 cm³/mol. The second-order valence-electron chi connectivity index (χ2n) is 15.8. The topological polar surface area (TPSA) is 57.0 Å². The molecule has 301 valence electrons. The third-order valence-electron chi connectivity index (χ3n) is 11.2. The molecule has 1 radical (unpaired) electrons. The summed E-state index contributed by atoms with van der Waals surface area (Å²) in [7, 11) is 0. The number of nitrogens with zero attached hydrogens (tertiary/aromatic N) is 3. The minimum Gasteiger partial charge on any atom is -0.497 e. The number of para-hydroxylation sites is 3. The third kappa shape index (κ3) is 7.16. The fourth-order valence-electron chi connectivity index (χ4n) is 8.29. The summed E-state index contributed by atoms with van der Waals surface area (Å²) in [5, 5.41) is 4.16. The van der Waals surface area contributed by atoms with Gasteiger partial charge in [0.25, 0.3) is 0 Å². The van der Waals surface area contributed by atoms with Crippen molar-refractivity contribution < 1.29 is 33.1 Å². The van der Waals surface area contributed by atoms with Gasteiger partial charge in [-0.25, -0.2) is 0 Å². The molecule has 6 heteroatoms. The van der Waals surface area contributed by atoms with Crippen LogP contribution in [0.5, 0.6) is 0 Å². The van der Waals surface area contributed by atoms with Gasteiger partial charge >= 0.3 is 0 Å². The van der Waals surface area contributed by atoms with Crippen LogP contribution in [0.25, 0.3) is 94.4 Å². The average molecular weight is 973 g/mol. The number of fused-ring (bicyclic) bond motifs is 8. The van der Waals surface area contributed by atoms with E-state index in [1.807, 2.05) is 42.5 Å². The van der Waals surface area contributed by atoms with Crippen molar-refractivity contribution in [3.63, 3.8) is 0 Å². The Morgan fingerprint density at radius 1 is 0.607 bits per heavy atom. The fourth-order valence-corrected chi connectivity index (χ4v) is 8.29. The summed E-state index contributed by atoms with van der Waals surface area (Å²) in [6.45, 7) is 7.02.